The van der Waals surface area contributed by atoms with Crippen molar-refractivity contribution < 1.29 is 0 Å². The van der Waals surface area contributed by atoms with Crippen LogP contribution in [0, 0.1) is 6.92 Å². The van der Waals surface area contributed by atoms with Gasteiger partial charge in [-0.1, -0.05) is 17.2 Å². The van der Waals surface area contributed by atoms with Crippen LogP contribution in [0.4, 0.5) is 11.4 Å². The number of hydrogen-bond acceptors (Lipinski definition) is 5. The van der Waals surface area contributed by atoms with Crippen LogP contribution < -0.4 is 10.6 Å². The minimum Gasteiger partial charge on any atom is -0.313 e. The average molecular weight is 305 g/mol. The summed E-state index contributed by atoms with van der Waals surface area (Å²) in [4.78, 5) is 13.3. The maximum atomic E-state index is 8.58. The fourth-order valence-electron chi connectivity index (χ4n) is 2.38. The van der Waals surface area contributed by atoms with Gasteiger partial charge in [0.25, 0.3) is 0 Å². The summed E-state index contributed by atoms with van der Waals surface area (Å²) in [7, 11) is 0. The third kappa shape index (κ3) is 3.06. The molecule has 2 heterocycles. The van der Waals surface area contributed by atoms with Gasteiger partial charge in [-0.2, -0.15) is 0 Å². The zero-order valence-corrected chi connectivity index (χ0v) is 12.5. The Kier molecular flexibility index (Phi) is 4.05. The molecule has 0 amide bonds. The van der Waals surface area contributed by atoms with E-state index >= 15 is 0 Å². The number of anilines is 1. The number of pyridine rings is 1. The summed E-state index contributed by atoms with van der Waals surface area (Å²) in [6.45, 7) is 1.97. The van der Waals surface area contributed by atoms with Crippen molar-refractivity contribution in [3.8, 4) is 0 Å². The summed E-state index contributed by atoms with van der Waals surface area (Å²) in [5.74, 6) is 0. The van der Waals surface area contributed by atoms with Crippen LogP contribution in [0.5, 0.6) is 0 Å². The highest BCUT2D eigenvalue weighted by atomic mass is 15.3. The fourth-order valence-corrected chi connectivity index (χ4v) is 2.38. The second-order valence-corrected chi connectivity index (χ2v) is 5.05. The lowest BCUT2D eigenvalue weighted by molar-refractivity contribution is 0.706. The van der Waals surface area contributed by atoms with Gasteiger partial charge >= 0.3 is 0 Å². The third-order valence-electron chi connectivity index (χ3n) is 3.54. The van der Waals surface area contributed by atoms with E-state index in [1.54, 1.807) is 24.5 Å². The molecule has 0 spiro atoms. The van der Waals surface area contributed by atoms with Crippen LogP contribution in [0.2, 0.25) is 0 Å². The van der Waals surface area contributed by atoms with Gasteiger partial charge in [0.15, 0.2) is 6.29 Å². The van der Waals surface area contributed by atoms with Gasteiger partial charge in [-0.15, -0.1) is 0 Å². The van der Waals surface area contributed by atoms with Gasteiger partial charge in [-0.3, -0.25) is 10.7 Å². The fraction of sp³-hybridized carbons (Fsp3) is 0.125. The number of allylic oxidation sites excluding steroid dienone is 1. The van der Waals surface area contributed by atoms with E-state index in [-0.39, 0.29) is 0 Å². The molecular formula is C16H15N7. The van der Waals surface area contributed by atoms with E-state index in [0.29, 0.717) is 5.69 Å². The number of rotatable bonds is 3. The minimum atomic E-state index is -0.560. The van der Waals surface area contributed by atoms with Gasteiger partial charge in [-0.05, 0) is 42.3 Å². The maximum absolute atomic E-state index is 8.58. The molecule has 1 aromatic carbocycles. The zero-order chi connectivity index (χ0) is 16.2. The molecule has 0 saturated carbocycles. The molecule has 2 aromatic rings. The van der Waals surface area contributed by atoms with Gasteiger partial charge in [-0.25, -0.2) is 4.99 Å². The SMILES string of the molecule is Cc1ccc(N=[N+]=[N-])cc1N1C=CC(c2cccnc2)=NC1N. The van der Waals surface area contributed by atoms with Crippen LogP contribution in [-0.2, 0) is 0 Å². The van der Waals surface area contributed by atoms with Gasteiger partial charge in [0.05, 0.1) is 5.71 Å². The van der Waals surface area contributed by atoms with Crippen LogP contribution in [0.3, 0.4) is 0 Å². The van der Waals surface area contributed by atoms with Crippen molar-refractivity contribution in [1.82, 2.24) is 4.98 Å². The normalized spacial score (nSPS) is 16.7. The van der Waals surface area contributed by atoms with E-state index in [4.69, 9.17) is 11.3 Å². The number of aryl methyl sites for hydroxylation is 1. The average Bonchev–Trinajstić information content (AvgIpc) is 2.58. The highest BCUT2D eigenvalue weighted by Crippen LogP contribution is 2.28. The minimum absolute atomic E-state index is 0.538. The van der Waals surface area contributed by atoms with Crippen LogP contribution in [0.15, 0.2) is 65.1 Å². The Morgan fingerprint density at radius 3 is 2.91 bits per heavy atom. The zero-order valence-electron chi connectivity index (χ0n) is 12.5. The van der Waals surface area contributed by atoms with Crippen molar-refractivity contribution in [2.24, 2.45) is 15.8 Å². The first-order valence-electron chi connectivity index (χ1n) is 7.05. The molecular weight excluding hydrogens is 290 g/mol. The van der Waals surface area contributed by atoms with E-state index in [2.05, 4.69) is 20.0 Å². The molecule has 1 unspecified atom stereocenters. The molecule has 1 atom stereocenters. The van der Waals surface area contributed by atoms with Crippen molar-refractivity contribution in [1.29, 1.82) is 0 Å². The van der Waals surface area contributed by atoms with Gasteiger partial charge in [0.1, 0.15) is 0 Å². The molecule has 2 N–H and O–H groups in total. The molecule has 23 heavy (non-hydrogen) atoms. The van der Waals surface area contributed by atoms with Crippen molar-refractivity contribution in [3.05, 3.63) is 76.6 Å². The Hall–Kier alpha value is -3.15. The van der Waals surface area contributed by atoms with Crippen LogP contribution in [-0.4, -0.2) is 17.0 Å². The number of azide groups is 1. The highest BCUT2D eigenvalue weighted by Gasteiger charge is 2.18. The largest absolute Gasteiger partial charge is 0.313 e. The van der Waals surface area contributed by atoms with E-state index in [9.17, 15) is 0 Å². The molecule has 1 aliphatic heterocycles. The number of nitrogens with two attached hydrogens (primary N) is 1. The van der Waals surface area contributed by atoms with Gasteiger partial charge < -0.3 is 4.90 Å². The summed E-state index contributed by atoms with van der Waals surface area (Å²) in [6, 6.07) is 9.25. The van der Waals surface area contributed by atoms with E-state index in [0.717, 1.165) is 22.5 Å². The molecule has 0 radical (unpaired) electrons. The topological polar surface area (TPSA) is 103 Å². The Morgan fingerprint density at radius 2 is 2.22 bits per heavy atom. The summed E-state index contributed by atoms with van der Waals surface area (Å²) >= 11 is 0. The van der Waals surface area contributed by atoms with Crippen molar-refractivity contribution >= 4 is 17.1 Å². The molecule has 0 bridgehead atoms. The quantitative estimate of drug-likeness (QED) is 0.534. The Bertz CT molecular complexity index is 820. The smallest absolute Gasteiger partial charge is 0.178 e. The summed E-state index contributed by atoms with van der Waals surface area (Å²) < 4.78 is 0. The first-order chi connectivity index (χ1) is 11.2. The number of hydrogen-bond donors (Lipinski definition) is 1. The number of aliphatic imine (C=N–C) groups is 1. The first-order valence-corrected chi connectivity index (χ1v) is 7.05. The van der Waals surface area contributed by atoms with Gasteiger partial charge in [0, 0.05) is 40.4 Å². The number of aromatic nitrogens is 1. The molecule has 3 rings (SSSR count). The standard InChI is InChI=1S/C16H15N7/c1-11-4-5-13(21-22-18)9-15(11)23-8-6-14(20-16(23)17)12-3-2-7-19-10-12/h2-10,16H,17H2,1H3. The van der Waals surface area contributed by atoms with E-state index < -0.39 is 6.29 Å². The van der Waals surface area contributed by atoms with Crippen LogP contribution in [0.1, 0.15) is 11.1 Å². The Balaban J connectivity index is 1.93. The van der Waals surface area contributed by atoms with Crippen molar-refractivity contribution in [2.75, 3.05) is 4.90 Å². The monoisotopic (exact) mass is 305 g/mol. The Morgan fingerprint density at radius 1 is 1.35 bits per heavy atom. The lowest BCUT2D eigenvalue weighted by atomic mass is 10.1. The molecule has 114 valence electrons. The molecule has 0 aliphatic carbocycles. The molecule has 1 aromatic heterocycles. The van der Waals surface area contributed by atoms with E-state index in [1.165, 1.54) is 0 Å². The van der Waals surface area contributed by atoms with Crippen LogP contribution in [0.25, 0.3) is 10.4 Å². The van der Waals surface area contributed by atoms with Crippen molar-refractivity contribution in [3.63, 3.8) is 0 Å². The summed E-state index contributed by atoms with van der Waals surface area (Å²) in [5, 5.41) is 3.64. The second-order valence-electron chi connectivity index (χ2n) is 5.05. The third-order valence-corrected chi connectivity index (χ3v) is 3.54. The van der Waals surface area contributed by atoms with E-state index in [1.807, 2.05) is 42.3 Å². The summed E-state index contributed by atoms with van der Waals surface area (Å²) in [6.07, 6.45) is 6.67. The first kappa shape index (κ1) is 14.8. The van der Waals surface area contributed by atoms with Crippen molar-refractivity contribution in [2.45, 2.75) is 13.2 Å². The predicted molar refractivity (Wildman–Crippen MR) is 90.4 cm³/mol. The predicted octanol–water partition coefficient (Wildman–Crippen LogP) is 3.40. The Labute approximate surface area is 133 Å². The molecule has 7 heteroatoms. The van der Waals surface area contributed by atoms with Gasteiger partial charge in [0.2, 0.25) is 0 Å². The maximum Gasteiger partial charge on any atom is 0.178 e. The molecule has 0 saturated heterocycles. The molecule has 1 aliphatic rings. The lowest BCUT2D eigenvalue weighted by Crippen LogP contribution is -2.40. The number of nitrogens with zero attached hydrogens (tertiary/aromatic N) is 6. The molecule has 0 fully saturated rings. The van der Waals surface area contributed by atoms with Crippen LogP contribution >= 0.6 is 0 Å². The highest BCUT2D eigenvalue weighted by molar-refractivity contribution is 6.09. The lowest BCUT2D eigenvalue weighted by Gasteiger charge is -2.29. The summed E-state index contributed by atoms with van der Waals surface area (Å²) in [5.41, 5.74) is 18.9. The molecule has 7 nitrogen and oxygen atoms in total. The second kappa shape index (κ2) is 6.31. The number of benzene rings is 1.